The van der Waals surface area contributed by atoms with E-state index in [2.05, 4.69) is 5.32 Å². The van der Waals surface area contributed by atoms with E-state index in [4.69, 9.17) is 9.84 Å². The fourth-order valence-corrected chi connectivity index (χ4v) is 2.88. The van der Waals surface area contributed by atoms with Crippen LogP contribution in [0.2, 0.25) is 0 Å². The number of hydrogen-bond acceptors (Lipinski definition) is 3. The zero-order valence-corrected chi connectivity index (χ0v) is 11.3. The summed E-state index contributed by atoms with van der Waals surface area (Å²) in [7, 11) is 1.64. The Morgan fingerprint density at radius 1 is 1.32 bits per heavy atom. The highest BCUT2D eigenvalue weighted by Gasteiger charge is 2.38. The number of carbonyl (C=O) groups is 2. The summed E-state index contributed by atoms with van der Waals surface area (Å²) in [5.41, 5.74) is 0. The van der Waals surface area contributed by atoms with Crippen molar-refractivity contribution in [2.24, 2.45) is 11.8 Å². The molecule has 0 aromatic heterocycles. The second-order valence-corrected chi connectivity index (χ2v) is 5.50. The SMILES string of the molecule is CN(C(=O)NCC1CCCC1)C1COCC1C(=O)O. The zero-order chi connectivity index (χ0) is 13.8. The smallest absolute Gasteiger partial charge is 0.317 e. The Morgan fingerprint density at radius 2 is 2.00 bits per heavy atom. The maximum absolute atomic E-state index is 12.0. The first-order chi connectivity index (χ1) is 9.09. The first-order valence-corrected chi connectivity index (χ1v) is 6.91. The van der Waals surface area contributed by atoms with Crippen LogP contribution in [0.4, 0.5) is 4.79 Å². The lowest BCUT2D eigenvalue weighted by Crippen LogP contribution is -2.49. The van der Waals surface area contributed by atoms with Crippen molar-refractivity contribution in [1.29, 1.82) is 0 Å². The summed E-state index contributed by atoms with van der Waals surface area (Å²) in [4.78, 5) is 24.6. The van der Waals surface area contributed by atoms with E-state index in [0.717, 1.165) is 0 Å². The van der Waals surface area contributed by atoms with Gasteiger partial charge in [0.15, 0.2) is 0 Å². The molecule has 6 nitrogen and oxygen atoms in total. The molecule has 2 amide bonds. The van der Waals surface area contributed by atoms with Crippen molar-refractivity contribution < 1.29 is 19.4 Å². The largest absolute Gasteiger partial charge is 0.481 e. The van der Waals surface area contributed by atoms with Gasteiger partial charge in [-0.05, 0) is 18.8 Å². The first kappa shape index (κ1) is 14.1. The van der Waals surface area contributed by atoms with Gasteiger partial charge in [-0.1, -0.05) is 12.8 Å². The number of carbonyl (C=O) groups excluding carboxylic acids is 1. The predicted molar refractivity (Wildman–Crippen MR) is 68.9 cm³/mol. The number of carboxylic acid groups (broad SMARTS) is 1. The number of nitrogens with one attached hydrogen (secondary N) is 1. The third-order valence-electron chi connectivity index (χ3n) is 4.20. The van der Waals surface area contributed by atoms with Crippen molar-refractivity contribution in [3.8, 4) is 0 Å². The quantitative estimate of drug-likeness (QED) is 0.796. The lowest BCUT2D eigenvalue weighted by Gasteiger charge is -2.27. The zero-order valence-electron chi connectivity index (χ0n) is 11.3. The molecule has 2 atom stereocenters. The Labute approximate surface area is 113 Å². The standard InChI is InChI=1S/C13H22N2O4/c1-15(11-8-19-7-10(11)12(16)17)13(18)14-6-9-4-2-3-5-9/h9-11H,2-8H2,1H3,(H,14,18)(H,16,17). The molecule has 1 aliphatic carbocycles. The molecule has 1 heterocycles. The van der Waals surface area contributed by atoms with E-state index in [9.17, 15) is 9.59 Å². The number of ether oxygens (including phenoxy) is 1. The highest BCUT2D eigenvalue weighted by molar-refractivity contribution is 5.77. The lowest BCUT2D eigenvalue weighted by molar-refractivity contribution is -0.142. The Balaban J connectivity index is 1.82. The number of likely N-dealkylation sites (N-methyl/N-ethyl adjacent to an activating group) is 1. The van der Waals surface area contributed by atoms with Crippen molar-refractivity contribution in [1.82, 2.24) is 10.2 Å². The molecule has 108 valence electrons. The van der Waals surface area contributed by atoms with Crippen molar-refractivity contribution in [2.45, 2.75) is 31.7 Å². The summed E-state index contributed by atoms with van der Waals surface area (Å²) in [5, 5.41) is 12.0. The number of carboxylic acids is 1. The van der Waals surface area contributed by atoms with Gasteiger partial charge in [0, 0.05) is 13.6 Å². The first-order valence-electron chi connectivity index (χ1n) is 6.91. The average Bonchev–Trinajstić information content (AvgIpc) is 3.05. The van der Waals surface area contributed by atoms with E-state index in [1.165, 1.54) is 30.6 Å². The van der Waals surface area contributed by atoms with Crippen LogP contribution >= 0.6 is 0 Å². The Bertz CT molecular complexity index is 342. The van der Waals surface area contributed by atoms with E-state index in [1.54, 1.807) is 7.05 Å². The molecule has 2 aliphatic rings. The van der Waals surface area contributed by atoms with E-state index in [0.29, 0.717) is 19.1 Å². The van der Waals surface area contributed by atoms with Crippen LogP contribution in [0, 0.1) is 11.8 Å². The second-order valence-electron chi connectivity index (χ2n) is 5.50. The molecule has 0 radical (unpaired) electrons. The number of hydrogen-bond donors (Lipinski definition) is 2. The van der Waals surface area contributed by atoms with Gasteiger partial charge in [-0.25, -0.2) is 4.79 Å². The van der Waals surface area contributed by atoms with Crippen LogP contribution in [0.15, 0.2) is 0 Å². The van der Waals surface area contributed by atoms with Gasteiger partial charge >= 0.3 is 12.0 Å². The molecule has 2 rings (SSSR count). The maximum Gasteiger partial charge on any atom is 0.317 e. The fourth-order valence-electron chi connectivity index (χ4n) is 2.88. The van der Waals surface area contributed by atoms with Crippen LogP contribution in [0.25, 0.3) is 0 Å². The van der Waals surface area contributed by atoms with Gasteiger partial charge in [-0.2, -0.15) is 0 Å². The minimum atomic E-state index is -0.905. The molecule has 1 saturated heterocycles. The molecule has 6 heteroatoms. The molecule has 1 aliphatic heterocycles. The minimum absolute atomic E-state index is 0.181. The number of rotatable bonds is 4. The molecule has 2 unspecified atom stereocenters. The summed E-state index contributed by atoms with van der Waals surface area (Å²) < 4.78 is 5.18. The lowest BCUT2D eigenvalue weighted by atomic mass is 10.0. The van der Waals surface area contributed by atoms with Crippen LogP contribution in [0.5, 0.6) is 0 Å². The van der Waals surface area contributed by atoms with Gasteiger partial charge in [0.1, 0.15) is 5.92 Å². The Morgan fingerprint density at radius 3 is 2.63 bits per heavy atom. The van der Waals surface area contributed by atoms with Crippen LogP contribution in [-0.2, 0) is 9.53 Å². The minimum Gasteiger partial charge on any atom is -0.481 e. The van der Waals surface area contributed by atoms with E-state index in [-0.39, 0.29) is 18.7 Å². The summed E-state index contributed by atoms with van der Waals surface area (Å²) in [5.74, 6) is -0.951. The third-order valence-corrected chi connectivity index (χ3v) is 4.20. The Hall–Kier alpha value is -1.30. The van der Waals surface area contributed by atoms with Crippen LogP contribution in [0.1, 0.15) is 25.7 Å². The summed E-state index contributed by atoms with van der Waals surface area (Å²) in [6, 6.07) is -0.574. The van der Waals surface area contributed by atoms with Crippen molar-refractivity contribution >= 4 is 12.0 Å². The van der Waals surface area contributed by atoms with Crippen LogP contribution in [0.3, 0.4) is 0 Å². The normalized spacial score (nSPS) is 27.4. The molecule has 0 spiro atoms. The Kier molecular flexibility index (Phi) is 4.63. The number of urea groups is 1. The molecular formula is C13H22N2O4. The molecular weight excluding hydrogens is 248 g/mol. The number of aliphatic carboxylic acids is 1. The van der Waals surface area contributed by atoms with Gasteiger partial charge in [-0.3, -0.25) is 4.79 Å². The van der Waals surface area contributed by atoms with Gasteiger partial charge in [-0.15, -0.1) is 0 Å². The van der Waals surface area contributed by atoms with E-state index in [1.807, 2.05) is 0 Å². The van der Waals surface area contributed by atoms with Crippen LogP contribution < -0.4 is 5.32 Å². The summed E-state index contributed by atoms with van der Waals surface area (Å²) in [6.45, 7) is 1.17. The summed E-state index contributed by atoms with van der Waals surface area (Å²) in [6.07, 6.45) is 4.84. The van der Waals surface area contributed by atoms with Crippen molar-refractivity contribution in [2.75, 3.05) is 26.8 Å². The van der Waals surface area contributed by atoms with Gasteiger partial charge in [0.05, 0.1) is 19.3 Å². The highest BCUT2D eigenvalue weighted by atomic mass is 16.5. The molecule has 1 saturated carbocycles. The van der Waals surface area contributed by atoms with Gasteiger partial charge < -0.3 is 20.1 Å². The average molecular weight is 270 g/mol. The number of amides is 2. The third kappa shape index (κ3) is 3.37. The fraction of sp³-hybridized carbons (Fsp3) is 0.846. The van der Waals surface area contributed by atoms with Crippen molar-refractivity contribution in [3.63, 3.8) is 0 Å². The second kappa shape index (κ2) is 6.23. The molecule has 2 fully saturated rings. The van der Waals surface area contributed by atoms with Crippen LogP contribution in [-0.4, -0.2) is 54.9 Å². The topological polar surface area (TPSA) is 78.9 Å². The predicted octanol–water partition coefficient (Wildman–Crippen LogP) is 0.918. The molecule has 2 N–H and O–H groups in total. The van der Waals surface area contributed by atoms with Gasteiger partial charge in [0.25, 0.3) is 0 Å². The molecule has 0 aromatic rings. The van der Waals surface area contributed by atoms with Gasteiger partial charge in [0.2, 0.25) is 0 Å². The summed E-state index contributed by atoms with van der Waals surface area (Å²) >= 11 is 0. The monoisotopic (exact) mass is 270 g/mol. The molecule has 0 aromatic carbocycles. The van der Waals surface area contributed by atoms with E-state index < -0.39 is 11.9 Å². The number of nitrogens with zero attached hydrogens (tertiary/aromatic N) is 1. The molecule has 19 heavy (non-hydrogen) atoms. The van der Waals surface area contributed by atoms with Crippen molar-refractivity contribution in [3.05, 3.63) is 0 Å². The highest BCUT2D eigenvalue weighted by Crippen LogP contribution is 2.24. The maximum atomic E-state index is 12.0. The van der Waals surface area contributed by atoms with E-state index >= 15 is 0 Å². The molecule has 0 bridgehead atoms.